The van der Waals surface area contributed by atoms with Crippen LogP contribution in [0.25, 0.3) is 10.8 Å². The topological polar surface area (TPSA) is 28.4 Å². The highest BCUT2D eigenvalue weighted by Gasteiger charge is 2.26. The maximum absolute atomic E-state index is 5.55. The molecule has 1 aliphatic rings. The average Bonchev–Trinajstić information content (AvgIpc) is 2.97. The minimum absolute atomic E-state index is 0.0375. The Balaban J connectivity index is 1.94. The van der Waals surface area contributed by atoms with Crippen molar-refractivity contribution < 1.29 is 4.42 Å². The Morgan fingerprint density at radius 3 is 2.68 bits per heavy atom. The first kappa shape index (κ1) is 10.5. The van der Waals surface area contributed by atoms with E-state index in [1.165, 1.54) is 16.5 Å². The lowest BCUT2D eigenvalue weighted by Gasteiger charge is -2.36. The van der Waals surface area contributed by atoms with Crippen molar-refractivity contribution in [1.82, 2.24) is 0 Å². The molecule has 1 unspecified atom stereocenters. The van der Waals surface area contributed by atoms with Gasteiger partial charge in [0.1, 0.15) is 5.76 Å². The van der Waals surface area contributed by atoms with Gasteiger partial charge in [0, 0.05) is 23.8 Å². The van der Waals surface area contributed by atoms with Crippen LogP contribution >= 0.6 is 0 Å². The van der Waals surface area contributed by atoms with Crippen LogP contribution in [0.2, 0.25) is 0 Å². The zero-order valence-corrected chi connectivity index (χ0v) is 10.6. The smallest absolute Gasteiger partial charge is 0.159 e. The van der Waals surface area contributed by atoms with E-state index in [0.717, 1.165) is 11.4 Å². The van der Waals surface area contributed by atoms with E-state index in [1.54, 1.807) is 6.26 Å². The summed E-state index contributed by atoms with van der Waals surface area (Å²) in [6.45, 7) is 0. The summed E-state index contributed by atoms with van der Waals surface area (Å²) in [4.78, 5) is 2.22. The van der Waals surface area contributed by atoms with Crippen molar-refractivity contribution in [2.24, 2.45) is 0 Å². The van der Waals surface area contributed by atoms with Gasteiger partial charge in [0.25, 0.3) is 0 Å². The van der Waals surface area contributed by atoms with Crippen molar-refractivity contribution in [1.29, 1.82) is 0 Å². The zero-order valence-electron chi connectivity index (χ0n) is 10.6. The fourth-order valence-corrected chi connectivity index (χ4v) is 2.83. The molecule has 1 atom stereocenters. The Labute approximate surface area is 111 Å². The molecule has 94 valence electrons. The van der Waals surface area contributed by atoms with Crippen LogP contribution in [0.4, 0.5) is 11.4 Å². The van der Waals surface area contributed by atoms with E-state index < -0.39 is 0 Å². The predicted molar refractivity (Wildman–Crippen MR) is 77.4 cm³/mol. The second kappa shape index (κ2) is 3.79. The summed E-state index contributed by atoms with van der Waals surface area (Å²) in [5.41, 5.74) is 2.39. The Morgan fingerprint density at radius 2 is 1.89 bits per heavy atom. The highest BCUT2D eigenvalue weighted by molar-refractivity contribution is 6.05. The number of nitrogens with one attached hydrogen (secondary N) is 1. The summed E-state index contributed by atoms with van der Waals surface area (Å²) in [6.07, 6.45) is 1.75. The number of hydrogen-bond donors (Lipinski definition) is 1. The van der Waals surface area contributed by atoms with Gasteiger partial charge in [-0.1, -0.05) is 24.3 Å². The van der Waals surface area contributed by atoms with Crippen LogP contribution in [0.15, 0.2) is 59.2 Å². The third kappa shape index (κ3) is 1.45. The standard InChI is InChI=1S/C16H14N2O/c1-18-13-8-3-6-11-5-2-7-12(15(11)13)17-16(18)14-9-4-10-19-14/h2-10,16-17H,1H3. The molecule has 0 radical (unpaired) electrons. The summed E-state index contributed by atoms with van der Waals surface area (Å²) in [7, 11) is 2.09. The Morgan fingerprint density at radius 1 is 1.05 bits per heavy atom. The highest BCUT2D eigenvalue weighted by Crippen LogP contribution is 2.41. The molecule has 3 nitrogen and oxygen atoms in total. The fourth-order valence-electron chi connectivity index (χ4n) is 2.83. The van der Waals surface area contributed by atoms with Gasteiger partial charge < -0.3 is 14.6 Å². The second-order valence-corrected chi connectivity index (χ2v) is 4.85. The molecule has 1 N–H and O–H groups in total. The van der Waals surface area contributed by atoms with Gasteiger partial charge in [-0.15, -0.1) is 0 Å². The Bertz CT molecular complexity index is 728. The maximum Gasteiger partial charge on any atom is 0.159 e. The van der Waals surface area contributed by atoms with Crippen molar-refractivity contribution >= 4 is 22.1 Å². The molecule has 2 aromatic carbocycles. The summed E-state index contributed by atoms with van der Waals surface area (Å²) >= 11 is 0. The van der Waals surface area contributed by atoms with Crippen molar-refractivity contribution in [2.75, 3.05) is 17.3 Å². The van der Waals surface area contributed by atoms with Gasteiger partial charge in [-0.05, 0) is 29.7 Å². The van der Waals surface area contributed by atoms with E-state index >= 15 is 0 Å². The lowest BCUT2D eigenvalue weighted by molar-refractivity contribution is 0.475. The number of benzene rings is 2. The molecule has 2 heterocycles. The van der Waals surface area contributed by atoms with Crippen LogP contribution in [-0.2, 0) is 0 Å². The van der Waals surface area contributed by atoms with Crippen molar-refractivity contribution in [3.05, 3.63) is 60.6 Å². The largest absolute Gasteiger partial charge is 0.465 e. The molecule has 0 saturated carbocycles. The van der Waals surface area contributed by atoms with Gasteiger partial charge in [-0.2, -0.15) is 0 Å². The first-order valence-electron chi connectivity index (χ1n) is 6.39. The summed E-state index contributed by atoms with van der Waals surface area (Å²) < 4.78 is 5.55. The maximum atomic E-state index is 5.55. The molecular formula is C16H14N2O. The van der Waals surface area contributed by atoms with E-state index in [-0.39, 0.29) is 6.17 Å². The molecule has 3 heteroatoms. The number of rotatable bonds is 1. The van der Waals surface area contributed by atoms with Gasteiger partial charge in [0.2, 0.25) is 0 Å². The van der Waals surface area contributed by atoms with Crippen LogP contribution in [0.5, 0.6) is 0 Å². The second-order valence-electron chi connectivity index (χ2n) is 4.85. The van der Waals surface area contributed by atoms with Gasteiger partial charge in [-0.25, -0.2) is 0 Å². The van der Waals surface area contributed by atoms with Gasteiger partial charge in [0.15, 0.2) is 6.17 Å². The normalized spacial score (nSPS) is 17.5. The summed E-state index contributed by atoms with van der Waals surface area (Å²) in [6, 6.07) is 16.7. The monoisotopic (exact) mass is 250 g/mol. The fraction of sp³-hybridized carbons (Fsp3) is 0.125. The molecule has 0 aliphatic carbocycles. The van der Waals surface area contributed by atoms with Crippen molar-refractivity contribution in [2.45, 2.75) is 6.17 Å². The SMILES string of the molecule is CN1c2cccc3cccc(c23)NC1c1ccco1. The predicted octanol–water partition coefficient (Wildman–Crippen LogP) is 3.99. The molecule has 0 amide bonds. The Kier molecular flexibility index (Phi) is 2.09. The van der Waals surface area contributed by atoms with Crippen LogP contribution in [0.1, 0.15) is 11.9 Å². The zero-order chi connectivity index (χ0) is 12.8. The molecule has 0 saturated heterocycles. The molecule has 0 fully saturated rings. The van der Waals surface area contributed by atoms with E-state index in [1.807, 2.05) is 12.1 Å². The van der Waals surface area contributed by atoms with Crippen LogP contribution < -0.4 is 10.2 Å². The summed E-state index contributed by atoms with van der Waals surface area (Å²) in [5.74, 6) is 0.925. The lowest BCUT2D eigenvalue weighted by atomic mass is 10.0. The van der Waals surface area contributed by atoms with Crippen molar-refractivity contribution in [3.8, 4) is 0 Å². The summed E-state index contributed by atoms with van der Waals surface area (Å²) in [5, 5.41) is 6.08. The van der Waals surface area contributed by atoms with Gasteiger partial charge in [-0.3, -0.25) is 0 Å². The van der Waals surface area contributed by atoms with E-state index in [4.69, 9.17) is 4.42 Å². The number of nitrogens with zero attached hydrogens (tertiary/aromatic N) is 1. The minimum Gasteiger partial charge on any atom is -0.465 e. The third-order valence-corrected chi connectivity index (χ3v) is 3.75. The number of furan rings is 1. The van der Waals surface area contributed by atoms with E-state index in [2.05, 4.69) is 53.7 Å². The Hall–Kier alpha value is -2.42. The highest BCUT2D eigenvalue weighted by atomic mass is 16.3. The molecule has 3 aromatic rings. The van der Waals surface area contributed by atoms with Gasteiger partial charge >= 0.3 is 0 Å². The number of hydrogen-bond acceptors (Lipinski definition) is 3. The first-order chi connectivity index (χ1) is 9.34. The minimum atomic E-state index is 0.0375. The first-order valence-corrected chi connectivity index (χ1v) is 6.39. The molecule has 4 rings (SSSR count). The van der Waals surface area contributed by atoms with Crippen LogP contribution in [0.3, 0.4) is 0 Å². The molecule has 1 aromatic heterocycles. The average molecular weight is 250 g/mol. The molecule has 0 bridgehead atoms. The van der Waals surface area contributed by atoms with E-state index in [9.17, 15) is 0 Å². The van der Waals surface area contributed by atoms with E-state index in [0.29, 0.717) is 0 Å². The molecular weight excluding hydrogens is 236 g/mol. The van der Waals surface area contributed by atoms with Crippen molar-refractivity contribution in [3.63, 3.8) is 0 Å². The molecule has 1 aliphatic heterocycles. The quantitative estimate of drug-likeness (QED) is 0.707. The molecule has 19 heavy (non-hydrogen) atoms. The lowest BCUT2D eigenvalue weighted by Crippen LogP contribution is -2.33. The third-order valence-electron chi connectivity index (χ3n) is 3.75. The van der Waals surface area contributed by atoms with Crippen LogP contribution in [-0.4, -0.2) is 7.05 Å². The van der Waals surface area contributed by atoms with Crippen LogP contribution in [0, 0.1) is 0 Å². The number of anilines is 2. The van der Waals surface area contributed by atoms with Gasteiger partial charge in [0.05, 0.1) is 6.26 Å². The molecule has 0 spiro atoms.